The molecule has 1 unspecified atom stereocenters. The Kier molecular flexibility index (Phi) is 10.4. The van der Waals surface area contributed by atoms with E-state index in [-0.39, 0.29) is 28.5 Å². The number of hydrogen-bond donors (Lipinski definition) is 0. The van der Waals surface area contributed by atoms with Gasteiger partial charge in [-0.05, 0) is 66.2 Å². The molecule has 1 amide bonds. The van der Waals surface area contributed by atoms with Crippen molar-refractivity contribution in [3.8, 4) is 5.88 Å². The number of rotatable bonds is 10. The lowest BCUT2D eigenvalue weighted by Crippen LogP contribution is -2.25. The molecule has 8 nitrogen and oxygen atoms in total. The smallest absolute Gasteiger partial charge is 0.393 e. The van der Waals surface area contributed by atoms with Crippen LogP contribution in [0.1, 0.15) is 55.0 Å². The Bertz CT molecular complexity index is 1810. The number of carbonyl (C=O) groups excluding carboxylic acids is 1. The molecule has 6 rings (SSSR count). The molecule has 0 saturated carbocycles. The van der Waals surface area contributed by atoms with Crippen LogP contribution in [-0.2, 0) is 9.53 Å². The van der Waals surface area contributed by atoms with Crippen LogP contribution in [0.15, 0.2) is 79.0 Å². The predicted molar refractivity (Wildman–Crippen MR) is 179 cm³/mol. The fourth-order valence-corrected chi connectivity index (χ4v) is 6.36. The fourth-order valence-electron chi connectivity index (χ4n) is 6.36. The van der Waals surface area contributed by atoms with Gasteiger partial charge in [0.05, 0.1) is 17.3 Å². The van der Waals surface area contributed by atoms with Crippen molar-refractivity contribution in [2.24, 2.45) is 0 Å². The van der Waals surface area contributed by atoms with Crippen LogP contribution in [0.2, 0.25) is 0 Å². The largest absolute Gasteiger partial charge is 0.473 e. The van der Waals surface area contributed by atoms with Gasteiger partial charge >= 0.3 is 6.18 Å². The molecule has 0 bridgehead atoms. The van der Waals surface area contributed by atoms with Gasteiger partial charge in [-0.1, -0.05) is 42.5 Å². The number of allylic oxidation sites excluding steroid dienone is 1. The lowest BCUT2D eigenvalue weighted by molar-refractivity contribution is -0.124. The highest BCUT2D eigenvalue weighted by molar-refractivity contribution is 6.00. The normalized spacial score (nSPS) is 19.4. The number of halogens is 4. The first-order chi connectivity index (χ1) is 23.6. The number of fused-ring (bicyclic) bond motifs is 1. The Balaban J connectivity index is 1.32. The van der Waals surface area contributed by atoms with E-state index < -0.39 is 24.8 Å². The molecule has 2 saturated heterocycles. The van der Waals surface area contributed by atoms with Crippen molar-refractivity contribution >= 4 is 28.0 Å². The molecule has 4 aromatic rings. The molecule has 2 fully saturated rings. The fraction of sp³-hybridized carbons (Fsp3) is 0.378. The van der Waals surface area contributed by atoms with Gasteiger partial charge in [-0.15, -0.1) is 5.10 Å². The summed E-state index contributed by atoms with van der Waals surface area (Å²) in [5.74, 6) is -0.445. The minimum Gasteiger partial charge on any atom is -0.473 e. The Hall–Kier alpha value is -4.55. The molecule has 2 aromatic heterocycles. The maximum Gasteiger partial charge on any atom is 0.393 e. The van der Waals surface area contributed by atoms with Crippen LogP contribution in [0.4, 0.5) is 17.6 Å². The highest BCUT2D eigenvalue weighted by atomic mass is 19.4. The minimum absolute atomic E-state index is 0.0403. The van der Waals surface area contributed by atoms with Crippen molar-refractivity contribution in [1.82, 2.24) is 24.6 Å². The van der Waals surface area contributed by atoms with Crippen molar-refractivity contribution in [3.63, 3.8) is 0 Å². The van der Waals surface area contributed by atoms with E-state index in [0.717, 1.165) is 25.8 Å². The van der Waals surface area contributed by atoms with Gasteiger partial charge in [0, 0.05) is 64.2 Å². The average molecular weight is 678 g/mol. The predicted octanol–water partition coefficient (Wildman–Crippen LogP) is 7.28. The summed E-state index contributed by atoms with van der Waals surface area (Å²) >= 11 is 0. The van der Waals surface area contributed by atoms with Crippen LogP contribution in [0.3, 0.4) is 0 Å². The van der Waals surface area contributed by atoms with Gasteiger partial charge in [-0.25, -0.2) is 9.67 Å². The summed E-state index contributed by atoms with van der Waals surface area (Å²) in [5.41, 5.74) is 2.07. The molecule has 4 heterocycles. The molecule has 0 radical (unpaired) electrons. The zero-order valence-electron chi connectivity index (χ0n) is 27.5. The number of amides is 1. The maximum absolute atomic E-state index is 15.4. The van der Waals surface area contributed by atoms with E-state index in [0.29, 0.717) is 54.2 Å². The third kappa shape index (κ3) is 8.37. The van der Waals surface area contributed by atoms with Gasteiger partial charge in [0.2, 0.25) is 17.7 Å². The number of aromatic nitrogens is 3. The SMILES string of the molecule is CN(C)C(=O)/C=C/CN1CC[C@@H](Oc2ccc(/C(=C(/CC(F)(F)F)c3ccccc3)c3ccc4c(c3)c(F)nn4C3CCCCO3)cn2)C1. The first-order valence-corrected chi connectivity index (χ1v) is 16.4. The molecule has 0 N–H and O–H groups in total. The van der Waals surface area contributed by atoms with Crippen LogP contribution < -0.4 is 4.74 Å². The van der Waals surface area contributed by atoms with E-state index in [1.807, 2.05) is 6.08 Å². The molecule has 2 aromatic carbocycles. The first kappa shape index (κ1) is 34.3. The number of likely N-dealkylation sites (N-methyl/N-ethyl adjacent to an activating group) is 1. The molecule has 258 valence electrons. The topological polar surface area (TPSA) is 72.7 Å². The first-order valence-electron chi connectivity index (χ1n) is 16.4. The van der Waals surface area contributed by atoms with Crippen molar-refractivity contribution in [2.75, 3.05) is 40.3 Å². The van der Waals surface area contributed by atoms with Crippen molar-refractivity contribution in [1.29, 1.82) is 0 Å². The minimum atomic E-state index is -4.52. The Morgan fingerprint density at radius 2 is 1.84 bits per heavy atom. The standard InChI is InChI=1S/C37H39F4N5O3/c1-44(2)33(47)11-8-18-45-19-17-28(24-45)49-32-16-14-27(23-42-32)35(30(22-37(39,40)41)25-9-4-3-5-10-25)26-13-15-31-29(21-26)36(38)43-46(31)34-12-6-7-20-48-34/h3-5,8-11,13-16,21,23,28,34H,6-7,12,17-20,22,24H2,1-2H3/b11-8+,35-30-/t28-,34?/m1/s1. The zero-order chi connectivity index (χ0) is 34.5. The molecule has 0 aliphatic carbocycles. The quantitative estimate of drug-likeness (QED) is 0.0999. The van der Waals surface area contributed by atoms with Gasteiger partial charge in [-0.2, -0.15) is 17.6 Å². The Labute approximate surface area is 282 Å². The summed E-state index contributed by atoms with van der Waals surface area (Å²) in [5, 5.41) is 4.32. The van der Waals surface area contributed by atoms with Gasteiger partial charge in [0.15, 0.2) is 6.23 Å². The van der Waals surface area contributed by atoms with Crippen LogP contribution in [0.25, 0.3) is 22.0 Å². The second-order valence-electron chi connectivity index (χ2n) is 12.6. The number of likely N-dealkylation sites (tertiary alicyclic amines) is 1. The number of pyridine rings is 1. The monoisotopic (exact) mass is 677 g/mol. The lowest BCUT2D eigenvalue weighted by atomic mass is 9.88. The number of benzene rings is 2. The number of carbonyl (C=O) groups is 1. The summed E-state index contributed by atoms with van der Waals surface area (Å²) in [4.78, 5) is 20.0. The third-order valence-corrected chi connectivity index (χ3v) is 8.79. The second-order valence-corrected chi connectivity index (χ2v) is 12.6. The van der Waals surface area contributed by atoms with Crippen LogP contribution in [0, 0.1) is 5.95 Å². The van der Waals surface area contributed by atoms with Crippen LogP contribution in [-0.4, -0.2) is 83.1 Å². The van der Waals surface area contributed by atoms with Gasteiger partial charge in [0.25, 0.3) is 0 Å². The lowest BCUT2D eigenvalue weighted by Gasteiger charge is -2.23. The summed E-state index contributed by atoms with van der Waals surface area (Å²) < 4.78 is 71.5. The highest BCUT2D eigenvalue weighted by Crippen LogP contribution is 2.40. The van der Waals surface area contributed by atoms with Crippen molar-refractivity contribution in [2.45, 2.75) is 50.6 Å². The number of nitrogens with zero attached hydrogens (tertiary/aromatic N) is 5. The number of ether oxygens (including phenoxy) is 2. The molecular formula is C37H39F4N5O3. The van der Waals surface area contributed by atoms with E-state index in [1.54, 1.807) is 80.8 Å². The molecule has 0 spiro atoms. The van der Waals surface area contributed by atoms with Crippen LogP contribution in [0.5, 0.6) is 5.88 Å². The Morgan fingerprint density at radius 1 is 1.04 bits per heavy atom. The van der Waals surface area contributed by atoms with E-state index >= 15 is 4.39 Å². The molecule has 12 heteroatoms. The Morgan fingerprint density at radius 3 is 2.53 bits per heavy atom. The summed E-state index contributed by atoms with van der Waals surface area (Å²) in [6.45, 7) is 2.60. The number of alkyl halides is 3. The van der Waals surface area contributed by atoms with Gasteiger partial charge < -0.3 is 14.4 Å². The summed E-state index contributed by atoms with van der Waals surface area (Å²) in [6, 6.07) is 16.7. The molecular weight excluding hydrogens is 638 g/mol. The van der Waals surface area contributed by atoms with E-state index in [2.05, 4.69) is 15.0 Å². The molecule has 2 aliphatic heterocycles. The summed E-state index contributed by atoms with van der Waals surface area (Å²) in [6.07, 6.45) is 1.94. The van der Waals surface area contributed by atoms with E-state index in [9.17, 15) is 18.0 Å². The highest BCUT2D eigenvalue weighted by Gasteiger charge is 2.32. The molecule has 49 heavy (non-hydrogen) atoms. The van der Waals surface area contributed by atoms with Crippen molar-refractivity contribution < 1.29 is 31.8 Å². The zero-order valence-corrected chi connectivity index (χ0v) is 27.5. The van der Waals surface area contributed by atoms with Gasteiger partial charge in [-0.3, -0.25) is 9.69 Å². The molecule has 2 aliphatic rings. The van der Waals surface area contributed by atoms with E-state index in [1.165, 1.54) is 15.8 Å². The maximum atomic E-state index is 15.4. The summed E-state index contributed by atoms with van der Waals surface area (Å²) in [7, 11) is 3.40. The second kappa shape index (κ2) is 14.9. The third-order valence-electron chi connectivity index (χ3n) is 8.79. The molecule has 2 atom stereocenters. The van der Waals surface area contributed by atoms with E-state index in [4.69, 9.17) is 9.47 Å². The van der Waals surface area contributed by atoms with Gasteiger partial charge in [0.1, 0.15) is 6.10 Å². The average Bonchev–Trinajstić information content (AvgIpc) is 3.68. The number of hydrogen-bond acceptors (Lipinski definition) is 6. The van der Waals surface area contributed by atoms with Crippen molar-refractivity contribution in [3.05, 3.63) is 102 Å². The van der Waals surface area contributed by atoms with Crippen LogP contribution >= 0.6 is 0 Å².